The Morgan fingerprint density at radius 2 is 1.74 bits per heavy atom. The van der Waals surface area contributed by atoms with Crippen molar-refractivity contribution in [3.63, 3.8) is 0 Å². The molecule has 1 aliphatic carbocycles. The smallest absolute Gasteiger partial charge is 0.335 e. The average Bonchev–Trinajstić information content (AvgIpc) is 2.69. The van der Waals surface area contributed by atoms with E-state index >= 15 is 0 Å². The minimum absolute atomic E-state index is 0.214. The fraction of sp³-hybridized carbons (Fsp3) is 0.458. The number of hydrogen-bond acceptors (Lipinski definition) is 1. The van der Waals surface area contributed by atoms with Gasteiger partial charge in [0.2, 0.25) is 0 Å². The normalized spacial score (nSPS) is 19.8. The average molecular weight is 368 g/mol. The summed E-state index contributed by atoms with van der Waals surface area (Å²) in [6.45, 7) is 2.25. The Hall–Kier alpha value is -2.16. The Morgan fingerprint density at radius 3 is 2.33 bits per heavy atom. The monoisotopic (exact) mass is 368 g/mol. The Balaban J connectivity index is 1.64. The third-order valence-corrected chi connectivity index (χ3v) is 5.97. The van der Waals surface area contributed by atoms with E-state index in [1.54, 1.807) is 18.2 Å². The summed E-state index contributed by atoms with van der Waals surface area (Å²) in [5.41, 5.74) is 2.56. The molecule has 27 heavy (non-hydrogen) atoms. The highest BCUT2D eigenvalue weighted by molar-refractivity contribution is 5.88. The van der Waals surface area contributed by atoms with Crippen LogP contribution in [0, 0.1) is 11.7 Å². The second-order valence-electron chi connectivity index (χ2n) is 7.84. The third kappa shape index (κ3) is 4.97. The van der Waals surface area contributed by atoms with E-state index in [1.807, 2.05) is 12.1 Å². The third-order valence-electron chi connectivity index (χ3n) is 5.97. The number of carbonyl (C=O) groups is 1. The van der Waals surface area contributed by atoms with Crippen molar-refractivity contribution in [1.29, 1.82) is 0 Å². The fourth-order valence-corrected chi connectivity index (χ4v) is 4.28. The van der Waals surface area contributed by atoms with Crippen molar-refractivity contribution in [2.24, 2.45) is 5.92 Å². The molecular formula is C24H29FO2. The largest absolute Gasteiger partial charge is 0.478 e. The van der Waals surface area contributed by atoms with Crippen LogP contribution in [0.3, 0.4) is 0 Å². The van der Waals surface area contributed by atoms with Crippen molar-refractivity contribution in [2.75, 3.05) is 0 Å². The summed E-state index contributed by atoms with van der Waals surface area (Å²) in [5, 5.41) is 8.99. The lowest BCUT2D eigenvalue weighted by Gasteiger charge is -2.29. The zero-order valence-corrected chi connectivity index (χ0v) is 16.1. The van der Waals surface area contributed by atoms with E-state index in [1.165, 1.54) is 50.7 Å². The van der Waals surface area contributed by atoms with Crippen LogP contribution in [-0.2, 0) is 0 Å². The molecule has 1 fully saturated rings. The van der Waals surface area contributed by atoms with Crippen LogP contribution in [0.5, 0.6) is 0 Å². The van der Waals surface area contributed by atoms with Crippen molar-refractivity contribution >= 4 is 5.97 Å². The van der Waals surface area contributed by atoms with E-state index in [9.17, 15) is 9.18 Å². The van der Waals surface area contributed by atoms with Gasteiger partial charge in [-0.1, -0.05) is 56.9 Å². The van der Waals surface area contributed by atoms with E-state index in [0.717, 1.165) is 24.3 Å². The molecule has 0 unspecified atom stereocenters. The maximum absolute atomic E-state index is 14.7. The first-order chi connectivity index (χ1) is 13.1. The van der Waals surface area contributed by atoms with Crippen LogP contribution in [0.4, 0.5) is 4.39 Å². The second kappa shape index (κ2) is 9.16. The molecule has 0 heterocycles. The van der Waals surface area contributed by atoms with Crippen LogP contribution in [0.2, 0.25) is 0 Å². The molecule has 144 valence electrons. The molecule has 2 nitrogen and oxygen atoms in total. The fourth-order valence-electron chi connectivity index (χ4n) is 4.28. The van der Waals surface area contributed by atoms with E-state index in [4.69, 9.17) is 5.11 Å². The molecule has 1 saturated carbocycles. The molecule has 1 aliphatic rings. The van der Waals surface area contributed by atoms with Gasteiger partial charge in [0.25, 0.3) is 0 Å². The molecule has 0 spiro atoms. The van der Waals surface area contributed by atoms with Gasteiger partial charge >= 0.3 is 5.97 Å². The first-order valence-electron chi connectivity index (χ1n) is 10.2. The lowest BCUT2D eigenvalue weighted by atomic mass is 9.77. The Labute approximate surface area is 161 Å². The van der Waals surface area contributed by atoms with Gasteiger partial charge in [-0.2, -0.15) is 0 Å². The van der Waals surface area contributed by atoms with Crippen molar-refractivity contribution < 1.29 is 14.3 Å². The van der Waals surface area contributed by atoms with Crippen LogP contribution in [0.15, 0.2) is 42.5 Å². The number of halogens is 1. The van der Waals surface area contributed by atoms with Gasteiger partial charge in [-0.3, -0.25) is 0 Å². The van der Waals surface area contributed by atoms with Crippen molar-refractivity contribution in [3.05, 3.63) is 59.4 Å². The number of benzene rings is 2. The topological polar surface area (TPSA) is 37.3 Å². The lowest BCUT2D eigenvalue weighted by molar-refractivity contribution is 0.0697. The highest BCUT2D eigenvalue weighted by Crippen LogP contribution is 2.38. The number of unbranched alkanes of at least 4 members (excludes halogenated alkanes) is 2. The summed E-state index contributed by atoms with van der Waals surface area (Å²) < 4.78 is 14.7. The molecule has 0 saturated heterocycles. The Kier molecular flexibility index (Phi) is 6.65. The standard InChI is InChI=1S/C24H29FO2/c1-2-3-4-5-17-6-8-18(9-7-17)21-14-15-22(23(25)16-21)19-10-12-20(13-11-19)24(26)27/h10-18H,2-9H2,1H3,(H,26,27). The van der Waals surface area contributed by atoms with E-state index < -0.39 is 5.97 Å². The predicted octanol–water partition coefficient (Wildman–Crippen LogP) is 7.05. The Bertz CT molecular complexity index is 758. The second-order valence-corrected chi connectivity index (χ2v) is 7.84. The first kappa shape index (κ1) is 19.6. The van der Waals surface area contributed by atoms with Crippen molar-refractivity contribution in [2.45, 2.75) is 64.2 Å². The van der Waals surface area contributed by atoms with Crippen LogP contribution < -0.4 is 0 Å². The minimum atomic E-state index is -0.970. The van der Waals surface area contributed by atoms with E-state index in [-0.39, 0.29) is 11.4 Å². The number of carboxylic acids is 1. The molecule has 0 atom stereocenters. The SMILES string of the molecule is CCCCCC1CCC(c2ccc(-c3ccc(C(=O)O)cc3)c(F)c2)CC1. The van der Waals surface area contributed by atoms with Crippen LogP contribution in [-0.4, -0.2) is 11.1 Å². The van der Waals surface area contributed by atoms with Gasteiger partial charge in [0, 0.05) is 5.56 Å². The van der Waals surface area contributed by atoms with Gasteiger partial charge in [0.1, 0.15) is 5.82 Å². The summed E-state index contributed by atoms with van der Waals surface area (Å²) >= 11 is 0. The molecular weight excluding hydrogens is 339 g/mol. The number of rotatable bonds is 7. The van der Waals surface area contributed by atoms with E-state index in [0.29, 0.717) is 17.0 Å². The molecule has 0 amide bonds. The maximum Gasteiger partial charge on any atom is 0.335 e. The summed E-state index contributed by atoms with van der Waals surface area (Å²) in [7, 11) is 0. The molecule has 3 rings (SSSR count). The molecule has 0 aromatic heterocycles. The van der Waals surface area contributed by atoms with Gasteiger partial charge in [0.05, 0.1) is 5.56 Å². The Morgan fingerprint density at radius 1 is 1.04 bits per heavy atom. The van der Waals surface area contributed by atoms with Crippen LogP contribution in [0.1, 0.15) is 80.1 Å². The van der Waals surface area contributed by atoms with Gasteiger partial charge in [0.15, 0.2) is 0 Å². The number of aromatic carboxylic acids is 1. The minimum Gasteiger partial charge on any atom is -0.478 e. The van der Waals surface area contributed by atoms with Gasteiger partial charge in [-0.25, -0.2) is 9.18 Å². The highest BCUT2D eigenvalue weighted by atomic mass is 19.1. The van der Waals surface area contributed by atoms with Gasteiger partial charge in [-0.15, -0.1) is 0 Å². The molecule has 2 aromatic rings. The van der Waals surface area contributed by atoms with E-state index in [2.05, 4.69) is 6.92 Å². The van der Waals surface area contributed by atoms with Crippen LogP contribution in [0.25, 0.3) is 11.1 Å². The predicted molar refractivity (Wildman–Crippen MR) is 108 cm³/mol. The number of carboxylic acid groups (broad SMARTS) is 1. The van der Waals surface area contributed by atoms with Crippen molar-refractivity contribution in [1.82, 2.24) is 0 Å². The molecule has 0 aliphatic heterocycles. The summed E-state index contributed by atoms with van der Waals surface area (Å²) in [6.07, 6.45) is 10.1. The van der Waals surface area contributed by atoms with Crippen molar-refractivity contribution in [3.8, 4) is 11.1 Å². The molecule has 0 radical (unpaired) electrons. The maximum atomic E-state index is 14.7. The van der Waals surface area contributed by atoms with Gasteiger partial charge in [-0.05, 0) is 66.8 Å². The molecule has 1 N–H and O–H groups in total. The molecule has 0 bridgehead atoms. The quantitative estimate of drug-likeness (QED) is 0.532. The first-order valence-corrected chi connectivity index (χ1v) is 10.2. The van der Waals surface area contributed by atoms with Crippen LogP contribution >= 0.6 is 0 Å². The molecule has 2 aromatic carbocycles. The van der Waals surface area contributed by atoms with Gasteiger partial charge < -0.3 is 5.11 Å². The lowest BCUT2D eigenvalue weighted by Crippen LogP contribution is -2.13. The zero-order valence-electron chi connectivity index (χ0n) is 16.1. The summed E-state index contributed by atoms with van der Waals surface area (Å²) in [6, 6.07) is 11.9. The number of hydrogen-bond donors (Lipinski definition) is 1. The summed E-state index contributed by atoms with van der Waals surface area (Å²) in [5.74, 6) is 0.123. The summed E-state index contributed by atoms with van der Waals surface area (Å²) in [4.78, 5) is 11.0. The molecule has 3 heteroatoms. The zero-order chi connectivity index (χ0) is 19.2. The highest BCUT2D eigenvalue weighted by Gasteiger charge is 2.23.